The summed E-state index contributed by atoms with van der Waals surface area (Å²) < 4.78 is 83.7. The van der Waals surface area contributed by atoms with Gasteiger partial charge in [-0.2, -0.15) is 0 Å². The summed E-state index contributed by atoms with van der Waals surface area (Å²) in [4.78, 5) is 114. The second kappa shape index (κ2) is 48.1. The predicted molar refractivity (Wildman–Crippen MR) is 416 cm³/mol. The summed E-state index contributed by atoms with van der Waals surface area (Å²) in [5, 5.41) is 31.2. The van der Waals surface area contributed by atoms with Gasteiger partial charge in [-0.1, -0.05) is 70.8 Å². The molecule has 0 aliphatic carbocycles. The molecule has 2 aromatic heterocycles. The average Bonchev–Trinajstić information content (AvgIpc) is 1.58. The Morgan fingerprint density at radius 2 is 1.04 bits per heavy atom. The van der Waals surface area contributed by atoms with E-state index in [0.29, 0.717) is 59.9 Å². The number of aryl methyl sites for hydroxylation is 1. The topological polar surface area (TPSA) is 301 Å². The fraction of sp³-hybridized carbons (Fsp3) is 0.210. The second-order valence-corrected chi connectivity index (χ2v) is 65.6. The minimum absolute atomic E-state index is 0. The maximum absolute atomic E-state index is 13.8. The number of halogens is 12. The molecule has 3 heterocycles. The zero-order valence-electron chi connectivity index (χ0n) is 52.3. The van der Waals surface area contributed by atoms with Crippen molar-refractivity contribution in [3.05, 3.63) is 226 Å². The molecule has 22 nitrogen and oxygen atoms in total. The third-order valence-electron chi connectivity index (χ3n) is 12.4. The Bertz CT molecular complexity index is 4080. The van der Waals surface area contributed by atoms with E-state index in [0.717, 1.165) is 50.6 Å². The first-order valence-electron chi connectivity index (χ1n) is 26.4. The molecule has 0 radical (unpaired) electrons. The molecule has 98 heavy (non-hydrogen) atoms. The van der Waals surface area contributed by atoms with Gasteiger partial charge in [-0.3, -0.25) is 34.7 Å². The van der Waals surface area contributed by atoms with Crippen molar-refractivity contribution in [3.63, 3.8) is 0 Å². The molecular weight excluding hydrogens is 2170 g/mol. The van der Waals surface area contributed by atoms with Crippen molar-refractivity contribution in [1.82, 2.24) is 19.8 Å². The third-order valence-corrected chi connectivity index (χ3v) is 12.4. The van der Waals surface area contributed by atoms with E-state index >= 15 is 0 Å². The Balaban J connectivity index is 0.00000119. The van der Waals surface area contributed by atoms with Gasteiger partial charge in [-0.25, -0.2) is 45.9 Å². The number of methoxy groups -OCH3 is 4. The standard InChI is InChI=1S/C20H15FN2O4.C12H13FN2O4.C10H8FNO2.C9H8FNO4.C8H7FO2.2CH3I.CH4.5HI.2V/c1-27-20(26)15-8-12(21)9-16-17(15)11(10-22-16)6-7-23-18(24)13-4-2-3-5-14(13)19(23)25;1-14(2)5-4-9-10(12(16)19-3)6-8(13)7-11(9)15(17)18;1-14-10(13)8-4-6(11)5-9-7(8)2-3-12-9;1-5-7(9(12)15-2)3-6(10)4-8(5)11(13)14;1-5-2-3-6(9)4-7(5)8(10)11;2*1-2;;;;;;;;/h2-5,8-10,22H,6-7H2,1H3;4-7H,1-3H3;2-5,12H,1H3;3-4H,1-2H3;2-4H,1H3,(H,10,11);2*1H3;1H4;5*1H;;/q;;;;;;;;;;;;;+2;+3/p-5/b;5-4+;;;;;;;;;;;;;. The van der Waals surface area contributed by atoms with E-state index in [9.17, 15) is 75.7 Å². The summed E-state index contributed by atoms with van der Waals surface area (Å²) in [7, 11) is 8.79. The van der Waals surface area contributed by atoms with Crippen LogP contribution in [0.1, 0.15) is 102 Å². The zero-order valence-corrected chi connectivity index (χ0v) is 70.1. The summed E-state index contributed by atoms with van der Waals surface area (Å²) in [6, 6.07) is 20.3. The summed E-state index contributed by atoms with van der Waals surface area (Å²) in [5.74, 6) is -7.83. The van der Waals surface area contributed by atoms with E-state index in [2.05, 4.69) is 169 Å². The van der Waals surface area contributed by atoms with Crippen molar-refractivity contribution in [1.29, 1.82) is 0 Å². The summed E-state index contributed by atoms with van der Waals surface area (Å²) in [6.45, 7) is 3.14. The SMILES string of the molecule is C.CI.CI.COC(=O)c1cc(F)cc([N+](=O)[O-])c1/C=C/N(C)C.COC(=O)c1cc(F)cc([N+](=O)[O-])c1C.COC(=O)c1cc(F)cc2[nH]cc(CCN3C(=O)c4ccccc4C3=O)c12.COC(=O)c1cc(F)cc2[nH]ccc12.Cc1ccc(F)cc1C(=O)O.[I][V]([I])[I].[I][V][I]. The Labute approximate surface area is 653 Å². The first kappa shape index (κ1) is 93.2. The van der Waals surface area contributed by atoms with Crippen LogP contribution in [-0.2, 0) is 39.8 Å². The molecule has 0 unspecified atom stereocenters. The molecule has 8 aromatic rings. The van der Waals surface area contributed by atoms with Gasteiger partial charge in [0.15, 0.2) is 0 Å². The van der Waals surface area contributed by atoms with Gasteiger partial charge in [-0.05, 0) is 120 Å². The number of hydrogen-bond acceptors (Lipinski definition) is 16. The molecule has 3 N–H and O–H groups in total. The van der Waals surface area contributed by atoms with E-state index < -0.39 is 80.2 Å². The number of nitro benzene ring substituents is 2. The van der Waals surface area contributed by atoms with E-state index in [1.807, 2.05) is 9.86 Å². The molecule has 6 aromatic carbocycles. The van der Waals surface area contributed by atoms with Gasteiger partial charge < -0.3 is 38.9 Å². The van der Waals surface area contributed by atoms with Crippen LogP contribution in [0, 0.1) is 63.2 Å². The molecule has 1 aliphatic rings. The number of aromatic carboxylic acids is 1. The number of nitro groups is 2. The average molecular weight is 2230 g/mol. The molecule has 9 rings (SSSR count). The number of nitrogens with zero attached hydrogens (tertiary/aromatic N) is 4. The molecule has 2 amide bonds. The van der Waals surface area contributed by atoms with Crippen molar-refractivity contribution in [2.75, 3.05) is 58.9 Å². The molecule has 1 aliphatic heterocycles. The molecule has 0 atom stereocenters. The molecular formula is C62H61F5I7N6O16V2. The van der Waals surface area contributed by atoms with Crippen molar-refractivity contribution in [3.8, 4) is 0 Å². The van der Waals surface area contributed by atoms with Gasteiger partial charge in [0.2, 0.25) is 0 Å². The first-order valence-corrected chi connectivity index (χ1v) is 53.2. The quantitative estimate of drug-likeness (QED) is 0.0150. The molecule has 0 spiro atoms. The Hall–Kier alpha value is -4.84. The van der Waals surface area contributed by atoms with Crippen molar-refractivity contribution in [2.45, 2.75) is 27.7 Å². The summed E-state index contributed by atoms with van der Waals surface area (Å²) in [6.07, 6.45) is 6.50. The van der Waals surface area contributed by atoms with Crippen molar-refractivity contribution < 1.29 is 104 Å². The Morgan fingerprint density at radius 1 is 0.622 bits per heavy atom. The number of esters is 4. The van der Waals surface area contributed by atoms with E-state index in [1.54, 1.807) is 68.6 Å². The van der Waals surface area contributed by atoms with Crippen LogP contribution < -0.4 is 0 Å². The number of alkyl halides is 2. The number of nitrogens with one attached hydrogen (secondary N) is 2. The Kier molecular flexibility index (Phi) is 45.7. The van der Waals surface area contributed by atoms with Crippen LogP contribution in [0.25, 0.3) is 27.9 Å². The minimum atomic E-state index is -1.10. The van der Waals surface area contributed by atoms with Gasteiger partial charge in [0.1, 0.15) is 29.1 Å². The number of benzene rings is 6. The van der Waals surface area contributed by atoms with Crippen LogP contribution in [0.3, 0.4) is 0 Å². The van der Waals surface area contributed by atoms with Crippen LogP contribution in [-0.4, -0.2) is 135 Å². The van der Waals surface area contributed by atoms with Gasteiger partial charge in [0.25, 0.3) is 23.2 Å². The number of imide groups is 1. The summed E-state index contributed by atoms with van der Waals surface area (Å²) >= 11 is 16.4. The number of carboxylic acids is 1. The van der Waals surface area contributed by atoms with Gasteiger partial charge in [0.05, 0.1) is 94.9 Å². The van der Waals surface area contributed by atoms with Crippen LogP contribution in [0.4, 0.5) is 33.3 Å². The molecule has 529 valence electrons. The molecule has 0 fully saturated rings. The number of amides is 2. The number of rotatable bonds is 12. The maximum atomic E-state index is 13.8. The van der Waals surface area contributed by atoms with Crippen LogP contribution >= 0.6 is 145 Å². The van der Waals surface area contributed by atoms with E-state index in [1.165, 1.54) is 68.7 Å². The fourth-order valence-corrected chi connectivity index (χ4v) is 8.29. The Morgan fingerprint density at radius 3 is 1.51 bits per heavy atom. The molecule has 36 heteroatoms. The van der Waals surface area contributed by atoms with Gasteiger partial charge in [0, 0.05) is 60.4 Å². The second-order valence-electron chi connectivity index (χ2n) is 18.4. The van der Waals surface area contributed by atoms with Crippen LogP contribution in [0.15, 0.2) is 116 Å². The van der Waals surface area contributed by atoms with Crippen molar-refractivity contribution in [2.24, 2.45) is 0 Å². The monoisotopic (exact) mass is 2230 g/mol. The number of aromatic amines is 2. The first-order chi connectivity index (χ1) is 45.8. The number of aromatic nitrogens is 2. The summed E-state index contributed by atoms with van der Waals surface area (Å²) in [5.41, 5.74) is 2.29. The number of H-pyrrole nitrogens is 2. The van der Waals surface area contributed by atoms with Crippen LogP contribution in [0.5, 0.6) is 0 Å². The number of hydrogen-bond donors (Lipinski definition) is 3. The number of fused-ring (bicyclic) bond motifs is 3. The number of carbonyl (C=O) groups is 7. The predicted octanol–water partition coefficient (Wildman–Crippen LogP) is 17.9. The number of carboxylic acid groups (broad SMARTS) is 1. The normalized spacial score (nSPS) is 10.4. The van der Waals surface area contributed by atoms with E-state index in [4.69, 9.17) is 9.84 Å². The number of ether oxygens (including phenoxy) is 4. The molecule has 0 saturated carbocycles. The van der Waals surface area contributed by atoms with Crippen LogP contribution in [0.2, 0.25) is 0 Å². The number of carbonyl (C=O) groups excluding carboxylic acids is 6. The fourth-order valence-electron chi connectivity index (χ4n) is 8.29. The van der Waals surface area contributed by atoms with E-state index in [-0.39, 0.29) is 69.7 Å². The zero-order chi connectivity index (χ0) is 74.1. The van der Waals surface area contributed by atoms with Crippen molar-refractivity contribution >= 4 is 226 Å². The molecule has 0 bridgehead atoms. The van der Waals surface area contributed by atoms with Gasteiger partial charge >= 0.3 is 144 Å². The third kappa shape index (κ3) is 28.9. The molecule has 0 saturated heterocycles. The van der Waals surface area contributed by atoms with Gasteiger partial charge in [-0.15, -0.1) is 0 Å².